The van der Waals surface area contributed by atoms with Gasteiger partial charge in [-0.3, -0.25) is 14.4 Å². The van der Waals surface area contributed by atoms with Crippen LogP contribution in [0.2, 0.25) is 0 Å². The molecule has 0 saturated heterocycles. The summed E-state index contributed by atoms with van der Waals surface area (Å²) in [5.74, 6) is -3.53. The summed E-state index contributed by atoms with van der Waals surface area (Å²) in [6.45, 7) is 3.26. The summed E-state index contributed by atoms with van der Waals surface area (Å²) in [4.78, 5) is 44.7. The van der Waals surface area contributed by atoms with Gasteiger partial charge >= 0.3 is 5.97 Å². The summed E-state index contributed by atoms with van der Waals surface area (Å²) < 4.78 is 0. The standard InChI is InChI=1S/C12H22N4O5/c1-3-6(2)10(14)11(19)15-5-9(18)16-7(12(20)21)4-8(13)17/h6-7,10H,3-5,14H2,1-2H3,(H2,13,17)(H,15,19)(H,16,18)(H,20,21). The number of hydrogen-bond acceptors (Lipinski definition) is 5. The summed E-state index contributed by atoms with van der Waals surface area (Å²) >= 11 is 0. The fourth-order valence-corrected chi connectivity index (χ4v) is 1.44. The second-order valence-electron chi connectivity index (χ2n) is 4.76. The Labute approximate surface area is 122 Å². The fourth-order valence-electron chi connectivity index (χ4n) is 1.44. The maximum atomic E-state index is 11.6. The Morgan fingerprint density at radius 3 is 2.24 bits per heavy atom. The van der Waals surface area contributed by atoms with E-state index in [9.17, 15) is 19.2 Å². The maximum Gasteiger partial charge on any atom is 0.326 e. The molecule has 0 aromatic rings. The molecule has 0 aromatic heterocycles. The smallest absolute Gasteiger partial charge is 0.326 e. The lowest BCUT2D eigenvalue weighted by molar-refractivity contribution is -0.143. The summed E-state index contributed by atoms with van der Waals surface area (Å²) in [5.41, 5.74) is 10.6. The van der Waals surface area contributed by atoms with E-state index in [-0.39, 0.29) is 5.92 Å². The zero-order valence-corrected chi connectivity index (χ0v) is 12.1. The van der Waals surface area contributed by atoms with Crippen LogP contribution < -0.4 is 22.1 Å². The van der Waals surface area contributed by atoms with E-state index < -0.39 is 48.7 Å². The Morgan fingerprint density at radius 2 is 1.81 bits per heavy atom. The number of carbonyl (C=O) groups excluding carboxylic acids is 3. The van der Waals surface area contributed by atoms with Crippen LogP contribution in [0.1, 0.15) is 26.7 Å². The second-order valence-corrected chi connectivity index (χ2v) is 4.76. The van der Waals surface area contributed by atoms with Gasteiger partial charge in [0.1, 0.15) is 6.04 Å². The Hall–Kier alpha value is -2.16. The number of nitrogens with two attached hydrogens (primary N) is 2. The van der Waals surface area contributed by atoms with E-state index in [1.807, 2.05) is 6.92 Å². The Morgan fingerprint density at radius 1 is 1.24 bits per heavy atom. The molecule has 0 radical (unpaired) electrons. The summed E-state index contributed by atoms with van der Waals surface area (Å²) in [6.07, 6.45) is 0.182. The molecule has 0 rings (SSSR count). The van der Waals surface area contributed by atoms with E-state index in [2.05, 4.69) is 10.6 Å². The monoisotopic (exact) mass is 302 g/mol. The lowest BCUT2D eigenvalue weighted by Crippen LogP contribution is -2.50. The van der Waals surface area contributed by atoms with Crippen molar-refractivity contribution >= 4 is 23.7 Å². The molecule has 0 fully saturated rings. The molecule has 0 saturated carbocycles. The molecular weight excluding hydrogens is 280 g/mol. The van der Waals surface area contributed by atoms with E-state index in [0.29, 0.717) is 6.42 Å². The minimum atomic E-state index is -1.42. The Balaban J connectivity index is 4.33. The number of nitrogens with one attached hydrogen (secondary N) is 2. The number of carboxylic acids is 1. The van der Waals surface area contributed by atoms with Gasteiger partial charge in [0.15, 0.2) is 0 Å². The SMILES string of the molecule is CCC(C)C(N)C(=O)NCC(=O)NC(CC(N)=O)C(=O)O. The van der Waals surface area contributed by atoms with Crippen molar-refractivity contribution in [3.05, 3.63) is 0 Å². The van der Waals surface area contributed by atoms with Gasteiger partial charge in [-0.15, -0.1) is 0 Å². The molecule has 0 aromatic carbocycles. The Bertz CT molecular complexity index is 412. The van der Waals surface area contributed by atoms with Crippen LogP contribution in [0.25, 0.3) is 0 Å². The van der Waals surface area contributed by atoms with Crippen molar-refractivity contribution in [2.45, 2.75) is 38.8 Å². The largest absolute Gasteiger partial charge is 0.480 e. The molecule has 3 unspecified atom stereocenters. The van der Waals surface area contributed by atoms with Gasteiger partial charge in [-0.25, -0.2) is 4.79 Å². The van der Waals surface area contributed by atoms with Crippen molar-refractivity contribution in [3.8, 4) is 0 Å². The highest BCUT2D eigenvalue weighted by Crippen LogP contribution is 2.04. The van der Waals surface area contributed by atoms with Gasteiger partial charge in [0.05, 0.1) is 19.0 Å². The molecule has 0 bridgehead atoms. The van der Waals surface area contributed by atoms with Gasteiger partial charge in [-0.2, -0.15) is 0 Å². The zero-order chi connectivity index (χ0) is 16.6. The minimum absolute atomic E-state index is 0.0466. The van der Waals surface area contributed by atoms with Crippen LogP contribution in [0.3, 0.4) is 0 Å². The highest BCUT2D eigenvalue weighted by molar-refractivity contribution is 5.91. The fraction of sp³-hybridized carbons (Fsp3) is 0.667. The van der Waals surface area contributed by atoms with Crippen molar-refractivity contribution < 1.29 is 24.3 Å². The molecular formula is C12H22N4O5. The molecule has 9 heteroatoms. The summed E-state index contributed by atoms with van der Waals surface area (Å²) in [5, 5.41) is 13.2. The first-order valence-corrected chi connectivity index (χ1v) is 6.52. The van der Waals surface area contributed by atoms with Crippen molar-refractivity contribution in [2.75, 3.05) is 6.54 Å². The Kier molecular flexibility index (Phi) is 7.99. The van der Waals surface area contributed by atoms with Crippen LogP contribution in [0.4, 0.5) is 0 Å². The quantitative estimate of drug-likeness (QED) is 0.328. The van der Waals surface area contributed by atoms with Gasteiger partial charge < -0.3 is 27.2 Å². The van der Waals surface area contributed by atoms with E-state index in [1.165, 1.54) is 0 Å². The third-order valence-corrected chi connectivity index (χ3v) is 3.02. The summed E-state index contributed by atoms with van der Waals surface area (Å²) in [6, 6.07) is -2.17. The first-order chi connectivity index (χ1) is 9.68. The average molecular weight is 302 g/mol. The average Bonchev–Trinajstić information content (AvgIpc) is 2.41. The van der Waals surface area contributed by atoms with Crippen molar-refractivity contribution in [3.63, 3.8) is 0 Å². The molecule has 7 N–H and O–H groups in total. The molecule has 3 amide bonds. The highest BCUT2D eigenvalue weighted by Gasteiger charge is 2.23. The number of carbonyl (C=O) groups is 4. The van der Waals surface area contributed by atoms with Crippen molar-refractivity contribution in [1.82, 2.24) is 10.6 Å². The lowest BCUT2D eigenvalue weighted by atomic mass is 9.99. The first-order valence-electron chi connectivity index (χ1n) is 6.52. The van der Waals surface area contributed by atoms with Gasteiger partial charge in [0.2, 0.25) is 17.7 Å². The van der Waals surface area contributed by atoms with Crippen LogP contribution >= 0.6 is 0 Å². The number of carboxylic acid groups (broad SMARTS) is 1. The number of hydrogen-bond donors (Lipinski definition) is 5. The molecule has 9 nitrogen and oxygen atoms in total. The van der Waals surface area contributed by atoms with E-state index in [1.54, 1.807) is 6.92 Å². The topological polar surface area (TPSA) is 165 Å². The van der Waals surface area contributed by atoms with Gasteiger partial charge in [-0.1, -0.05) is 20.3 Å². The van der Waals surface area contributed by atoms with E-state index in [0.717, 1.165) is 0 Å². The molecule has 120 valence electrons. The molecule has 0 aliphatic carbocycles. The molecule has 0 spiro atoms. The molecule has 0 heterocycles. The van der Waals surface area contributed by atoms with E-state index in [4.69, 9.17) is 16.6 Å². The van der Waals surface area contributed by atoms with Crippen LogP contribution in [0.15, 0.2) is 0 Å². The lowest BCUT2D eigenvalue weighted by Gasteiger charge is -2.18. The normalized spacial score (nSPS) is 14.6. The highest BCUT2D eigenvalue weighted by atomic mass is 16.4. The number of rotatable bonds is 9. The third-order valence-electron chi connectivity index (χ3n) is 3.02. The molecule has 0 aliphatic rings. The van der Waals surface area contributed by atoms with Crippen molar-refractivity contribution in [1.29, 1.82) is 0 Å². The molecule has 21 heavy (non-hydrogen) atoms. The van der Waals surface area contributed by atoms with Gasteiger partial charge in [0.25, 0.3) is 0 Å². The second kappa shape index (κ2) is 8.90. The van der Waals surface area contributed by atoms with E-state index >= 15 is 0 Å². The third kappa shape index (κ3) is 7.25. The molecule has 0 aliphatic heterocycles. The predicted molar refractivity (Wildman–Crippen MR) is 73.8 cm³/mol. The van der Waals surface area contributed by atoms with Crippen LogP contribution in [-0.2, 0) is 19.2 Å². The predicted octanol–water partition coefficient (Wildman–Crippen LogP) is -2.08. The molecule has 3 atom stereocenters. The van der Waals surface area contributed by atoms with Gasteiger partial charge in [-0.05, 0) is 5.92 Å². The zero-order valence-electron chi connectivity index (χ0n) is 12.1. The van der Waals surface area contributed by atoms with Crippen LogP contribution in [0.5, 0.6) is 0 Å². The van der Waals surface area contributed by atoms with Crippen LogP contribution in [0, 0.1) is 5.92 Å². The number of primary amides is 1. The maximum absolute atomic E-state index is 11.6. The minimum Gasteiger partial charge on any atom is -0.480 e. The summed E-state index contributed by atoms with van der Waals surface area (Å²) in [7, 11) is 0. The number of amides is 3. The first kappa shape index (κ1) is 18.8. The van der Waals surface area contributed by atoms with Gasteiger partial charge in [0, 0.05) is 0 Å². The van der Waals surface area contributed by atoms with Crippen molar-refractivity contribution in [2.24, 2.45) is 17.4 Å². The van der Waals surface area contributed by atoms with Crippen LogP contribution in [-0.4, -0.2) is 47.4 Å². The number of aliphatic carboxylic acids is 1.